The molecule has 0 bridgehead atoms. The number of anilines is 2. The van der Waals surface area contributed by atoms with Gasteiger partial charge in [-0.3, -0.25) is 9.59 Å². The number of carbonyl (C=O) groups excluding carboxylic acids is 2. The van der Waals surface area contributed by atoms with Gasteiger partial charge in [-0.25, -0.2) is 0 Å². The molecule has 0 spiro atoms. The van der Waals surface area contributed by atoms with Crippen LogP contribution in [-0.4, -0.2) is 11.8 Å². The lowest BCUT2D eigenvalue weighted by Crippen LogP contribution is -2.18. The predicted octanol–water partition coefficient (Wildman–Crippen LogP) is 5.79. The van der Waals surface area contributed by atoms with Crippen LogP contribution in [0.2, 0.25) is 0 Å². The van der Waals surface area contributed by atoms with Crippen molar-refractivity contribution < 1.29 is 14.0 Å². The zero-order valence-corrected chi connectivity index (χ0v) is 17.8. The Morgan fingerprint density at radius 1 is 0.839 bits per heavy atom. The Balaban J connectivity index is 1.62. The quantitative estimate of drug-likeness (QED) is 0.436. The molecule has 0 aliphatic carbocycles. The smallest absolute Gasteiger partial charge is 0.293 e. The highest BCUT2D eigenvalue weighted by Gasteiger charge is 2.22. The van der Waals surface area contributed by atoms with Crippen LogP contribution < -0.4 is 10.6 Å². The first kappa shape index (κ1) is 20.4. The summed E-state index contributed by atoms with van der Waals surface area (Å²) in [5, 5.41) is 6.45. The van der Waals surface area contributed by atoms with Crippen LogP contribution in [0.1, 0.15) is 32.8 Å². The van der Waals surface area contributed by atoms with Crippen LogP contribution in [0.25, 0.3) is 11.0 Å². The van der Waals surface area contributed by atoms with Gasteiger partial charge in [0.25, 0.3) is 5.91 Å². The standard InChI is InChI=1S/C26H24N2O3/c1-16-7-6-8-19(13-16)15-23(29)28-24-21-9-4-5-10-22(21)31-25(24)26(30)27-20-12-11-17(2)18(3)14-20/h4-14H,15H2,1-3H3,(H,27,30)(H,28,29). The van der Waals surface area contributed by atoms with Crippen molar-refractivity contribution in [1.29, 1.82) is 0 Å². The van der Waals surface area contributed by atoms with Crippen LogP contribution in [0.4, 0.5) is 11.4 Å². The Kier molecular flexibility index (Phi) is 5.58. The topological polar surface area (TPSA) is 71.3 Å². The fourth-order valence-electron chi connectivity index (χ4n) is 3.53. The Labute approximate surface area is 181 Å². The highest BCUT2D eigenvalue weighted by molar-refractivity contribution is 6.14. The highest BCUT2D eigenvalue weighted by Crippen LogP contribution is 2.32. The van der Waals surface area contributed by atoms with Crippen molar-refractivity contribution in [1.82, 2.24) is 0 Å². The van der Waals surface area contributed by atoms with Crippen LogP contribution >= 0.6 is 0 Å². The average molecular weight is 412 g/mol. The maximum Gasteiger partial charge on any atom is 0.293 e. The molecule has 1 aromatic heterocycles. The maximum absolute atomic E-state index is 13.0. The Hall–Kier alpha value is -3.86. The van der Waals surface area contributed by atoms with Gasteiger partial charge < -0.3 is 15.1 Å². The number of aryl methyl sites for hydroxylation is 3. The summed E-state index contributed by atoms with van der Waals surface area (Å²) in [5.41, 5.74) is 5.82. The minimum atomic E-state index is -0.412. The molecule has 5 heteroatoms. The fraction of sp³-hybridized carbons (Fsp3) is 0.154. The molecule has 4 rings (SSSR count). The molecule has 1 heterocycles. The molecule has 0 fully saturated rings. The van der Waals surface area contributed by atoms with E-state index in [4.69, 9.17) is 4.42 Å². The van der Waals surface area contributed by atoms with Crippen LogP contribution in [-0.2, 0) is 11.2 Å². The first-order valence-corrected chi connectivity index (χ1v) is 10.2. The van der Waals surface area contributed by atoms with Gasteiger partial charge in [-0.1, -0.05) is 48.0 Å². The van der Waals surface area contributed by atoms with Crippen LogP contribution in [0, 0.1) is 20.8 Å². The molecule has 0 unspecified atom stereocenters. The Morgan fingerprint density at radius 3 is 2.42 bits per heavy atom. The summed E-state index contributed by atoms with van der Waals surface area (Å²) < 4.78 is 5.83. The number of nitrogens with one attached hydrogen (secondary N) is 2. The zero-order valence-electron chi connectivity index (χ0n) is 17.8. The molecular formula is C26H24N2O3. The summed E-state index contributed by atoms with van der Waals surface area (Å²) in [6.45, 7) is 5.99. The number of furan rings is 1. The number of hydrogen-bond acceptors (Lipinski definition) is 3. The number of benzene rings is 3. The molecular weight excluding hydrogens is 388 g/mol. The van der Waals surface area contributed by atoms with Gasteiger partial charge in [0.2, 0.25) is 11.7 Å². The largest absolute Gasteiger partial charge is 0.449 e. The van der Waals surface area contributed by atoms with Crippen molar-refractivity contribution in [2.45, 2.75) is 27.2 Å². The lowest BCUT2D eigenvalue weighted by atomic mass is 10.1. The van der Waals surface area contributed by atoms with Gasteiger partial charge in [0.1, 0.15) is 11.3 Å². The molecule has 4 aromatic rings. The second-order valence-corrected chi connectivity index (χ2v) is 7.77. The van der Waals surface area contributed by atoms with E-state index in [-0.39, 0.29) is 18.1 Å². The number of rotatable bonds is 5. The van der Waals surface area contributed by atoms with E-state index in [2.05, 4.69) is 10.6 Å². The second-order valence-electron chi connectivity index (χ2n) is 7.77. The number of carbonyl (C=O) groups is 2. The summed E-state index contributed by atoms with van der Waals surface area (Å²) in [7, 11) is 0. The minimum Gasteiger partial charge on any atom is -0.449 e. The summed E-state index contributed by atoms with van der Waals surface area (Å²) in [6, 6.07) is 20.8. The third-order valence-corrected chi connectivity index (χ3v) is 5.28. The average Bonchev–Trinajstić information content (AvgIpc) is 3.09. The van der Waals surface area contributed by atoms with Gasteiger partial charge in [-0.2, -0.15) is 0 Å². The van der Waals surface area contributed by atoms with Crippen molar-refractivity contribution in [3.8, 4) is 0 Å². The van der Waals surface area contributed by atoms with Crippen molar-refractivity contribution in [3.05, 3.63) is 94.7 Å². The van der Waals surface area contributed by atoms with Crippen LogP contribution in [0.3, 0.4) is 0 Å². The lowest BCUT2D eigenvalue weighted by Gasteiger charge is -2.09. The fourth-order valence-corrected chi connectivity index (χ4v) is 3.53. The summed E-state index contributed by atoms with van der Waals surface area (Å²) in [6.07, 6.45) is 0.208. The molecule has 0 saturated heterocycles. The molecule has 2 N–H and O–H groups in total. The van der Waals surface area contributed by atoms with Crippen molar-refractivity contribution >= 4 is 34.2 Å². The zero-order chi connectivity index (χ0) is 22.0. The van der Waals surface area contributed by atoms with E-state index in [9.17, 15) is 9.59 Å². The van der Waals surface area contributed by atoms with Gasteiger partial charge in [-0.15, -0.1) is 0 Å². The number of para-hydroxylation sites is 1. The van der Waals surface area contributed by atoms with Crippen molar-refractivity contribution in [3.63, 3.8) is 0 Å². The molecule has 5 nitrogen and oxygen atoms in total. The molecule has 0 saturated carbocycles. The third-order valence-electron chi connectivity index (χ3n) is 5.28. The monoisotopic (exact) mass is 412 g/mol. The summed E-state index contributed by atoms with van der Waals surface area (Å²) in [5.74, 6) is -0.542. The number of amides is 2. The summed E-state index contributed by atoms with van der Waals surface area (Å²) >= 11 is 0. The van der Waals surface area contributed by atoms with Crippen LogP contribution in [0.15, 0.2) is 71.1 Å². The molecule has 0 atom stereocenters. The minimum absolute atomic E-state index is 0.0806. The van der Waals surface area contributed by atoms with Gasteiger partial charge in [-0.05, 0) is 61.7 Å². The van der Waals surface area contributed by atoms with Gasteiger partial charge in [0.15, 0.2) is 0 Å². The van der Waals surface area contributed by atoms with E-state index in [1.165, 1.54) is 0 Å². The van der Waals surface area contributed by atoms with E-state index in [0.717, 1.165) is 22.3 Å². The summed E-state index contributed by atoms with van der Waals surface area (Å²) in [4.78, 5) is 25.8. The van der Waals surface area contributed by atoms with E-state index >= 15 is 0 Å². The number of hydrogen-bond donors (Lipinski definition) is 2. The van der Waals surface area contributed by atoms with Crippen molar-refractivity contribution in [2.24, 2.45) is 0 Å². The molecule has 156 valence electrons. The molecule has 2 amide bonds. The number of fused-ring (bicyclic) bond motifs is 1. The van der Waals surface area contributed by atoms with E-state index < -0.39 is 5.91 Å². The molecule has 3 aromatic carbocycles. The van der Waals surface area contributed by atoms with E-state index in [1.807, 2.05) is 81.4 Å². The molecule has 31 heavy (non-hydrogen) atoms. The Bertz CT molecular complexity index is 1290. The van der Waals surface area contributed by atoms with Crippen LogP contribution in [0.5, 0.6) is 0 Å². The molecule has 0 aliphatic heterocycles. The normalized spacial score (nSPS) is 10.8. The lowest BCUT2D eigenvalue weighted by molar-refractivity contribution is -0.115. The maximum atomic E-state index is 13.0. The Morgan fingerprint density at radius 2 is 1.65 bits per heavy atom. The second kappa shape index (κ2) is 8.48. The predicted molar refractivity (Wildman–Crippen MR) is 124 cm³/mol. The highest BCUT2D eigenvalue weighted by atomic mass is 16.3. The van der Waals surface area contributed by atoms with Crippen molar-refractivity contribution in [2.75, 3.05) is 10.6 Å². The van der Waals surface area contributed by atoms with Gasteiger partial charge in [0.05, 0.1) is 6.42 Å². The third kappa shape index (κ3) is 4.51. The van der Waals surface area contributed by atoms with Gasteiger partial charge >= 0.3 is 0 Å². The van der Waals surface area contributed by atoms with E-state index in [1.54, 1.807) is 6.07 Å². The van der Waals surface area contributed by atoms with Gasteiger partial charge in [0, 0.05) is 11.1 Å². The molecule has 0 radical (unpaired) electrons. The first-order valence-electron chi connectivity index (χ1n) is 10.2. The first-order chi connectivity index (χ1) is 14.9. The molecule has 0 aliphatic rings. The SMILES string of the molecule is Cc1cccc(CC(=O)Nc2c(C(=O)Nc3ccc(C)c(C)c3)oc3ccccc23)c1. The van der Waals surface area contributed by atoms with E-state index in [0.29, 0.717) is 22.3 Å².